The van der Waals surface area contributed by atoms with Crippen LogP contribution in [0.25, 0.3) is 22.6 Å². The normalized spacial score (nSPS) is 10.9. The van der Waals surface area contributed by atoms with Crippen LogP contribution in [-0.2, 0) is 6.61 Å². The number of nitrogens with one attached hydrogen (secondary N) is 1. The van der Waals surface area contributed by atoms with Crippen molar-refractivity contribution in [1.82, 2.24) is 20.1 Å². The van der Waals surface area contributed by atoms with Gasteiger partial charge in [0, 0.05) is 18.6 Å². The Morgan fingerprint density at radius 1 is 1.12 bits per heavy atom. The van der Waals surface area contributed by atoms with Gasteiger partial charge in [0.1, 0.15) is 12.3 Å². The zero-order chi connectivity index (χ0) is 21.9. The molecule has 0 aliphatic carbocycles. The van der Waals surface area contributed by atoms with Crippen molar-refractivity contribution in [3.05, 3.63) is 84.1 Å². The zero-order valence-electron chi connectivity index (χ0n) is 17.0. The second-order valence-corrected chi connectivity index (χ2v) is 6.93. The number of hydrogen-bond acceptors (Lipinski definition) is 8. The molecule has 0 spiro atoms. The number of aryl methyl sites for hydroxylation is 1. The van der Waals surface area contributed by atoms with Crippen molar-refractivity contribution >= 4 is 22.8 Å². The molecule has 0 saturated carbocycles. The average molecular weight is 427 g/mol. The number of carbonyl (C=O) groups excluding carboxylic acids is 1. The minimum absolute atomic E-state index is 0.247. The Kier molecular flexibility index (Phi) is 5.04. The Balaban J connectivity index is 1.46. The van der Waals surface area contributed by atoms with Crippen LogP contribution in [-0.4, -0.2) is 26.0 Å². The van der Waals surface area contributed by atoms with Crippen molar-refractivity contribution < 1.29 is 18.5 Å². The number of rotatable bonds is 6. The van der Waals surface area contributed by atoms with Gasteiger partial charge in [-0.2, -0.15) is 0 Å². The Hall–Kier alpha value is -4.53. The molecule has 0 aromatic carbocycles. The second-order valence-electron chi connectivity index (χ2n) is 6.93. The number of furan rings is 1. The predicted octanol–water partition coefficient (Wildman–Crippen LogP) is 4.41. The van der Waals surface area contributed by atoms with E-state index in [1.54, 1.807) is 55.8 Å². The van der Waals surface area contributed by atoms with Gasteiger partial charge in [-0.1, -0.05) is 5.16 Å². The molecule has 0 fully saturated rings. The van der Waals surface area contributed by atoms with E-state index in [2.05, 4.69) is 25.4 Å². The summed E-state index contributed by atoms with van der Waals surface area (Å²) in [7, 11) is 0. The number of anilines is 1. The van der Waals surface area contributed by atoms with Crippen molar-refractivity contribution in [2.45, 2.75) is 13.5 Å². The molecule has 0 bridgehead atoms. The van der Waals surface area contributed by atoms with Crippen LogP contribution in [0, 0.1) is 6.92 Å². The number of carbonyl (C=O) groups is 1. The van der Waals surface area contributed by atoms with Crippen LogP contribution in [0.5, 0.6) is 5.75 Å². The molecular formula is C23H17N5O4. The lowest BCUT2D eigenvalue weighted by molar-refractivity contribution is 0.102. The molecule has 5 aromatic rings. The fourth-order valence-corrected chi connectivity index (χ4v) is 3.24. The molecule has 0 saturated heterocycles. The van der Waals surface area contributed by atoms with E-state index in [0.717, 1.165) is 5.56 Å². The molecule has 5 rings (SSSR count). The predicted molar refractivity (Wildman–Crippen MR) is 115 cm³/mol. The number of aromatic nitrogens is 4. The van der Waals surface area contributed by atoms with Gasteiger partial charge in [0.15, 0.2) is 17.3 Å². The maximum Gasteiger partial charge on any atom is 0.259 e. The van der Waals surface area contributed by atoms with E-state index in [9.17, 15) is 4.79 Å². The summed E-state index contributed by atoms with van der Waals surface area (Å²) < 4.78 is 16.6. The van der Waals surface area contributed by atoms with E-state index < -0.39 is 5.91 Å². The van der Waals surface area contributed by atoms with E-state index in [4.69, 9.17) is 13.7 Å². The van der Waals surface area contributed by atoms with Gasteiger partial charge in [-0.3, -0.25) is 9.78 Å². The molecule has 0 aliphatic rings. The summed E-state index contributed by atoms with van der Waals surface area (Å²) in [5.41, 5.74) is 2.54. The number of hydrogen-bond donors (Lipinski definition) is 1. The van der Waals surface area contributed by atoms with Crippen LogP contribution in [0.3, 0.4) is 0 Å². The van der Waals surface area contributed by atoms with Gasteiger partial charge in [-0.15, -0.1) is 0 Å². The highest BCUT2D eigenvalue weighted by molar-refractivity contribution is 6.13. The van der Waals surface area contributed by atoms with E-state index >= 15 is 0 Å². The lowest BCUT2D eigenvalue weighted by Crippen LogP contribution is -2.15. The van der Waals surface area contributed by atoms with Gasteiger partial charge in [-0.25, -0.2) is 9.97 Å². The van der Waals surface area contributed by atoms with Gasteiger partial charge < -0.3 is 19.0 Å². The van der Waals surface area contributed by atoms with Crippen molar-refractivity contribution in [2.75, 3.05) is 5.32 Å². The van der Waals surface area contributed by atoms with Crippen LogP contribution >= 0.6 is 0 Å². The third-order valence-corrected chi connectivity index (χ3v) is 4.78. The largest absolute Gasteiger partial charge is 0.485 e. The smallest absolute Gasteiger partial charge is 0.259 e. The summed E-state index contributed by atoms with van der Waals surface area (Å²) in [5, 5.41) is 7.31. The van der Waals surface area contributed by atoms with E-state index in [1.807, 2.05) is 12.1 Å². The number of ether oxygens (including phenoxy) is 1. The van der Waals surface area contributed by atoms with Crippen LogP contribution in [0.1, 0.15) is 21.6 Å². The van der Waals surface area contributed by atoms with Crippen molar-refractivity contribution in [3.63, 3.8) is 0 Å². The minimum Gasteiger partial charge on any atom is -0.485 e. The monoisotopic (exact) mass is 427 g/mol. The van der Waals surface area contributed by atoms with Crippen molar-refractivity contribution in [3.8, 4) is 17.2 Å². The van der Waals surface area contributed by atoms with Gasteiger partial charge in [0.2, 0.25) is 0 Å². The number of fused-ring (bicyclic) bond motifs is 1. The molecule has 0 aliphatic heterocycles. The number of nitrogens with zero attached hydrogens (tertiary/aromatic N) is 4. The van der Waals surface area contributed by atoms with Gasteiger partial charge in [-0.05, 0) is 55.0 Å². The van der Waals surface area contributed by atoms with Gasteiger partial charge >= 0.3 is 0 Å². The summed E-state index contributed by atoms with van der Waals surface area (Å²) >= 11 is 0. The molecule has 0 atom stereocenters. The van der Waals surface area contributed by atoms with Gasteiger partial charge in [0.05, 0.1) is 22.9 Å². The quantitative estimate of drug-likeness (QED) is 0.423. The molecule has 9 nitrogen and oxygen atoms in total. The average Bonchev–Trinajstić information content (AvgIpc) is 3.49. The van der Waals surface area contributed by atoms with E-state index in [0.29, 0.717) is 46.3 Å². The lowest BCUT2D eigenvalue weighted by atomic mass is 10.1. The Bertz CT molecular complexity index is 1380. The van der Waals surface area contributed by atoms with Crippen LogP contribution in [0.4, 0.5) is 5.82 Å². The highest BCUT2D eigenvalue weighted by Gasteiger charge is 2.21. The summed E-state index contributed by atoms with van der Waals surface area (Å²) in [6.45, 7) is 2.06. The lowest BCUT2D eigenvalue weighted by Gasteiger charge is -2.12. The summed E-state index contributed by atoms with van der Waals surface area (Å²) in [6, 6.07) is 12.3. The van der Waals surface area contributed by atoms with E-state index in [-0.39, 0.29) is 5.71 Å². The summed E-state index contributed by atoms with van der Waals surface area (Å²) in [4.78, 5) is 26.0. The Morgan fingerprint density at radius 2 is 2.00 bits per heavy atom. The summed E-state index contributed by atoms with van der Waals surface area (Å²) in [6.07, 6.45) is 6.50. The maximum absolute atomic E-state index is 13.3. The molecular weight excluding hydrogens is 410 g/mol. The van der Waals surface area contributed by atoms with Crippen molar-refractivity contribution in [2.24, 2.45) is 0 Å². The molecule has 5 aromatic heterocycles. The van der Waals surface area contributed by atoms with Gasteiger partial charge in [0.25, 0.3) is 11.6 Å². The first-order valence-electron chi connectivity index (χ1n) is 9.78. The van der Waals surface area contributed by atoms with Crippen LogP contribution < -0.4 is 10.1 Å². The van der Waals surface area contributed by atoms with Crippen molar-refractivity contribution in [1.29, 1.82) is 0 Å². The van der Waals surface area contributed by atoms with E-state index in [1.165, 1.54) is 6.26 Å². The first-order chi connectivity index (χ1) is 15.7. The minimum atomic E-state index is -0.399. The fraction of sp³-hybridized carbons (Fsp3) is 0.0870. The number of pyridine rings is 3. The topological polar surface area (TPSA) is 116 Å². The first kappa shape index (κ1) is 19.4. The third kappa shape index (κ3) is 3.79. The SMILES string of the molecule is Cc1noc2nc(-c3ccco3)cc(C(=O)Nc3ncccc3OCc3ccncc3)c12. The molecule has 1 amide bonds. The first-order valence-corrected chi connectivity index (χ1v) is 9.78. The number of amides is 1. The molecule has 0 radical (unpaired) electrons. The molecule has 32 heavy (non-hydrogen) atoms. The fourth-order valence-electron chi connectivity index (χ4n) is 3.24. The second kappa shape index (κ2) is 8.31. The highest BCUT2D eigenvalue weighted by Crippen LogP contribution is 2.29. The molecule has 9 heteroatoms. The molecule has 158 valence electrons. The maximum atomic E-state index is 13.3. The third-order valence-electron chi connectivity index (χ3n) is 4.78. The Morgan fingerprint density at radius 3 is 2.81 bits per heavy atom. The molecule has 0 unspecified atom stereocenters. The molecule has 1 N–H and O–H groups in total. The van der Waals surface area contributed by atoms with Crippen LogP contribution in [0.2, 0.25) is 0 Å². The highest BCUT2D eigenvalue weighted by atomic mass is 16.5. The standard InChI is InChI=1S/C23H17N5O4/c1-14-20-16(12-17(18-5-3-11-30-18)26-23(20)32-28-14)22(29)27-21-19(4-2-8-25-21)31-13-15-6-9-24-10-7-15/h2-12H,13H2,1H3,(H,25,27,29). The van der Waals surface area contributed by atoms with Crippen LogP contribution in [0.15, 0.2) is 76.3 Å². The molecule has 5 heterocycles. The zero-order valence-corrected chi connectivity index (χ0v) is 17.0. The Labute approximate surface area is 182 Å². The summed E-state index contributed by atoms with van der Waals surface area (Å²) in [5.74, 6) is 0.847.